The minimum atomic E-state index is 0.0882. The van der Waals surface area contributed by atoms with Gasteiger partial charge in [0.1, 0.15) is 28.2 Å². The highest BCUT2D eigenvalue weighted by molar-refractivity contribution is 7.71. The van der Waals surface area contributed by atoms with Crippen molar-refractivity contribution in [2.75, 3.05) is 27.1 Å². The van der Waals surface area contributed by atoms with E-state index < -0.39 is 0 Å². The quantitative estimate of drug-likeness (QED) is 0.820. The summed E-state index contributed by atoms with van der Waals surface area (Å²) in [4.78, 5) is 2.66. The molecule has 0 aliphatic heterocycles. The van der Waals surface area contributed by atoms with E-state index in [-0.39, 0.29) is 21.6 Å². The number of pyridine rings is 1. The number of nitrogen functional groups attached to an aromatic ring is 1. The van der Waals surface area contributed by atoms with Gasteiger partial charge >= 0.3 is 0 Å². The number of nitrogens with zero attached hydrogens (tertiary/aromatic N) is 2. The molecular formula is C16H14N4O3S. The van der Waals surface area contributed by atoms with Crippen molar-refractivity contribution in [3.63, 3.8) is 0 Å². The van der Waals surface area contributed by atoms with Crippen LogP contribution in [0.15, 0.2) is 12.1 Å². The summed E-state index contributed by atoms with van der Waals surface area (Å²) in [6.07, 6.45) is 0. The fourth-order valence-corrected chi connectivity index (χ4v) is 2.62. The molecule has 2 aromatic rings. The van der Waals surface area contributed by atoms with Gasteiger partial charge in [0.2, 0.25) is 5.75 Å². The second-order valence-electron chi connectivity index (χ2n) is 4.63. The van der Waals surface area contributed by atoms with Gasteiger partial charge in [-0.05, 0) is 17.7 Å². The van der Waals surface area contributed by atoms with Crippen molar-refractivity contribution < 1.29 is 14.2 Å². The fraction of sp³-hybridized carbons (Fsp3) is 0.188. The topological polar surface area (TPSA) is 117 Å². The van der Waals surface area contributed by atoms with Crippen LogP contribution < -0.4 is 19.9 Å². The number of anilines is 1. The Kier molecular flexibility index (Phi) is 4.93. The summed E-state index contributed by atoms with van der Waals surface area (Å²) in [5.74, 6) is 1.26. The standard InChI is InChI=1S/C16H14N4O3S/c1-21-11-4-8(5-12(22-2)14(11)23-3)13-9(6-17)15(19)20-16(24)10(13)7-18/h4-5H,1-3H3,(H3,19,20,24). The van der Waals surface area contributed by atoms with Gasteiger partial charge in [0.25, 0.3) is 0 Å². The number of H-pyrrole nitrogens is 1. The lowest BCUT2D eigenvalue weighted by Crippen LogP contribution is -2.02. The summed E-state index contributed by atoms with van der Waals surface area (Å²) in [6, 6.07) is 7.28. The minimum Gasteiger partial charge on any atom is -0.493 e. The number of nitrogens with one attached hydrogen (secondary N) is 1. The maximum atomic E-state index is 9.45. The zero-order valence-electron chi connectivity index (χ0n) is 13.3. The van der Waals surface area contributed by atoms with E-state index >= 15 is 0 Å². The molecule has 0 fully saturated rings. The molecule has 24 heavy (non-hydrogen) atoms. The first kappa shape index (κ1) is 17.1. The lowest BCUT2D eigenvalue weighted by atomic mass is 9.96. The molecule has 0 aliphatic carbocycles. The highest BCUT2D eigenvalue weighted by Gasteiger charge is 2.21. The zero-order valence-corrected chi connectivity index (χ0v) is 14.1. The van der Waals surface area contributed by atoms with Gasteiger partial charge in [0, 0.05) is 5.56 Å². The third-order valence-electron chi connectivity index (χ3n) is 3.42. The molecule has 0 saturated carbocycles. The first-order valence-electron chi connectivity index (χ1n) is 6.68. The molecule has 1 heterocycles. The first-order chi connectivity index (χ1) is 11.5. The summed E-state index contributed by atoms with van der Waals surface area (Å²) in [5.41, 5.74) is 6.94. The number of hydrogen-bond donors (Lipinski definition) is 2. The van der Waals surface area contributed by atoms with Gasteiger partial charge in [-0.1, -0.05) is 12.2 Å². The van der Waals surface area contributed by atoms with Crippen LogP contribution in [0.4, 0.5) is 5.82 Å². The van der Waals surface area contributed by atoms with Crippen LogP contribution >= 0.6 is 12.2 Å². The van der Waals surface area contributed by atoms with Crippen LogP contribution in [0.2, 0.25) is 0 Å². The molecule has 0 atom stereocenters. The maximum absolute atomic E-state index is 9.45. The van der Waals surface area contributed by atoms with Gasteiger partial charge in [-0.15, -0.1) is 0 Å². The van der Waals surface area contributed by atoms with Crippen LogP contribution in [0.5, 0.6) is 17.2 Å². The lowest BCUT2D eigenvalue weighted by Gasteiger charge is -2.16. The molecule has 7 nitrogen and oxygen atoms in total. The van der Waals surface area contributed by atoms with E-state index in [4.69, 9.17) is 32.2 Å². The Labute approximate surface area is 143 Å². The lowest BCUT2D eigenvalue weighted by molar-refractivity contribution is 0.324. The van der Waals surface area contributed by atoms with E-state index in [0.29, 0.717) is 28.4 Å². The number of aromatic amines is 1. The van der Waals surface area contributed by atoms with Crippen LogP contribution in [0.3, 0.4) is 0 Å². The SMILES string of the molecule is COc1cc(-c2c(C#N)c(N)[nH]c(=S)c2C#N)cc(OC)c1OC. The van der Waals surface area contributed by atoms with Gasteiger partial charge in [-0.2, -0.15) is 10.5 Å². The molecule has 1 aromatic carbocycles. The number of hydrogen-bond acceptors (Lipinski definition) is 7. The van der Waals surface area contributed by atoms with Crippen molar-refractivity contribution in [3.05, 3.63) is 27.9 Å². The van der Waals surface area contributed by atoms with Crippen molar-refractivity contribution in [1.82, 2.24) is 4.98 Å². The van der Waals surface area contributed by atoms with Crippen LogP contribution in [0.1, 0.15) is 11.1 Å². The number of benzene rings is 1. The number of nitrogens with two attached hydrogens (primary N) is 1. The van der Waals surface area contributed by atoms with Crippen LogP contribution in [0.25, 0.3) is 11.1 Å². The maximum Gasteiger partial charge on any atom is 0.203 e. The molecule has 3 N–H and O–H groups in total. The first-order valence-corrected chi connectivity index (χ1v) is 7.09. The third-order valence-corrected chi connectivity index (χ3v) is 3.73. The van der Waals surface area contributed by atoms with E-state index in [1.165, 1.54) is 21.3 Å². The van der Waals surface area contributed by atoms with Gasteiger partial charge in [0.05, 0.1) is 26.9 Å². The summed E-state index contributed by atoms with van der Waals surface area (Å²) in [7, 11) is 4.44. The molecule has 0 radical (unpaired) electrons. The van der Waals surface area contributed by atoms with Crippen molar-refractivity contribution in [2.24, 2.45) is 0 Å². The second-order valence-corrected chi connectivity index (χ2v) is 5.04. The molecule has 0 spiro atoms. The normalized spacial score (nSPS) is 9.71. The van der Waals surface area contributed by atoms with Crippen LogP contribution in [-0.4, -0.2) is 26.3 Å². The Balaban J connectivity index is 2.95. The largest absolute Gasteiger partial charge is 0.493 e. The monoisotopic (exact) mass is 342 g/mol. The van der Waals surface area contributed by atoms with Crippen molar-refractivity contribution in [2.45, 2.75) is 0 Å². The molecule has 0 unspecified atom stereocenters. The predicted octanol–water partition coefficient (Wildman–Crippen LogP) is 2.76. The van der Waals surface area contributed by atoms with Crippen molar-refractivity contribution in [1.29, 1.82) is 10.5 Å². The molecule has 0 bridgehead atoms. The Bertz CT molecular complexity index is 913. The molecule has 122 valence electrons. The molecular weight excluding hydrogens is 328 g/mol. The number of methoxy groups -OCH3 is 3. The molecule has 2 rings (SSSR count). The fourth-order valence-electron chi connectivity index (χ4n) is 2.36. The number of ether oxygens (including phenoxy) is 3. The Morgan fingerprint density at radius 1 is 1.00 bits per heavy atom. The highest BCUT2D eigenvalue weighted by Crippen LogP contribution is 2.43. The Morgan fingerprint density at radius 2 is 1.54 bits per heavy atom. The Hall–Kier alpha value is -3.23. The summed E-state index contributed by atoms with van der Waals surface area (Å²) < 4.78 is 16.1. The van der Waals surface area contributed by atoms with E-state index in [1.807, 2.05) is 12.1 Å². The molecule has 0 saturated heterocycles. The molecule has 0 aliphatic rings. The zero-order chi connectivity index (χ0) is 17.9. The smallest absolute Gasteiger partial charge is 0.203 e. The van der Waals surface area contributed by atoms with Crippen molar-refractivity contribution >= 4 is 18.0 Å². The highest BCUT2D eigenvalue weighted by atomic mass is 32.1. The van der Waals surface area contributed by atoms with E-state index in [9.17, 15) is 10.5 Å². The number of nitriles is 2. The van der Waals surface area contributed by atoms with Gasteiger partial charge in [-0.3, -0.25) is 0 Å². The van der Waals surface area contributed by atoms with Crippen LogP contribution in [0, 0.1) is 27.3 Å². The van der Waals surface area contributed by atoms with Gasteiger partial charge in [0.15, 0.2) is 11.5 Å². The number of aromatic nitrogens is 1. The molecule has 1 aromatic heterocycles. The van der Waals surface area contributed by atoms with Crippen LogP contribution in [-0.2, 0) is 0 Å². The van der Waals surface area contributed by atoms with Gasteiger partial charge < -0.3 is 24.9 Å². The minimum absolute atomic E-state index is 0.0882. The van der Waals surface area contributed by atoms with E-state index in [0.717, 1.165) is 0 Å². The average Bonchev–Trinajstić information content (AvgIpc) is 2.59. The molecule has 0 amide bonds. The molecule has 8 heteroatoms. The van der Waals surface area contributed by atoms with Gasteiger partial charge in [-0.25, -0.2) is 0 Å². The summed E-state index contributed by atoms with van der Waals surface area (Å²) >= 11 is 5.15. The number of rotatable bonds is 4. The van der Waals surface area contributed by atoms with Crippen molar-refractivity contribution in [3.8, 4) is 40.5 Å². The Morgan fingerprint density at radius 3 is 1.96 bits per heavy atom. The summed E-state index contributed by atoms with van der Waals surface area (Å²) in [6.45, 7) is 0. The van der Waals surface area contributed by atoms with E-state index in [2.05, 4.69) is 4.98 Å². The van der Waals surface area contributed by atoms with E-state index in [1.54, 1.807) is 12.1 Å². The predicted molar refractivity (Wildman–Crippen MR) is 90.6 cm³/mol. The summed E-state index contributed by atoms with van der Waals surface area (Å²) in [5, 5.41) is 18.9. The second kappa shape index (κ2) is 6.90. The average molecular weight is 342 g/mol. The third kappa shape index (κ3) is 2.71.